The maximum atomic E-state index is 14.0. The quantitative estimate of drug-likeness (QED) is 0.155. The Morgan fingerprint density at radius 1 is 0.433 bits per heavy atom. The molecule has 0 bridgehead atoms. The second kappa shape index (κ2) is 15.6. The van der Waals surface area contributed by atoms with E-state index in [1.54, 1.807) is 13.0 Å². The molecule has 0 radical (unpaired) electrons. The van der Waals surface area contributed by atoms with Crippen LogP contribution in [-0.2, 0) is 6.18 Å². The topological polar surface area (TPSA) is 91.6 Å². The van der Waals surface area contributed by atoms with Gasteiger partial charge in [-0.25, -0.2) is 34.7 Å². The molecule has 0 fully saturated rings. The van der Waals surface area contributed by atoms with E-state index in [1.165, 1.54) is 6.07 Å². The molecule has 0 spiro atoms. The van der Waals surface area contributed by atoms with Crippen LogP contribution in [0.15, 0.2) is 140 Å². The van der Waals surface area contributed by atoms with Gasteiger partial charge in [-0.3, -0.25) is 0 Å². The first kappa shape index (κ1) is 41.2. The molecule has 0 aliphatic rings. The van der Waals surface area contributed by atoms with Crippen molar-refractivity contribution in [1.82, 2.24) is 39.0 Å². The van der Waals surface area contributed by atoms with Crippen LogP contribution in [-0.4, -0.2) is 39.0 Å². The van der Waals surface area contributed by atoms with Crippen LogP contribution in [0.25, 0.3) is 105 Å². The van der Waals surface area contributed by atoms with Gasteiger partial charge in [0.15, 0.2) is 17.3 Å². The third kappa shape index (κ3) is 7.03. The molecular weight excluding hydrogens is 844 g/mol. The number of aryl methyl sites for hydroxylation is 5. The van der Waals surface area contributed by atoms with E-state index < -0.39 is 11.7 Å². The highest BCUT2D eigenvalue weighted by atomic mass is 19.4. The van der Waals surface area contributed by atoms with Gasteiger partial charge in [-0.05, 0) is 142 Å². The fourth-order valence-corrected chi connectivity index (χ4v) is 9.52. The molecule has 0 N–H and O–H groups in total. The highest BCUT2D eigenvalue weighted by molar-refractivity contribution is 6.13. The number of hydrogen-bond donors (Lipinski definition) is 0. The standard InChI is InChI=1S/C55H38F3N9/c1-30-25-38(55(56,57)58)18-20-40(30)35-15-21-51(66-47-13-9-7-11-41(47)43-27-36(16-22-49(43)66)53-62-31(2)60-32(3)63-53)45(26-35)46-29-39(59-6)19-24-52(46)67-48-14-10-8-12-42(48)44-28-37(17-23-50(44)67)54-64-33(4)61-34(5)65-54/h7-29H,1-5H3. The van der Waals surface area contributed by atoms with Gasteiger partial charge in [0.05, 0.1) is 45.6 Å². The summed E-state index contributed by atoms with van der Waals surface area (Å²) in [6, 6.07) is 44.5. The van der Waals surface area contributed by atoms with Crippen molar-refractivity contribution in [3.8, 4) is 56.4 Å². The SMILES string of the molecule is [C-]#[N+]c1ccc(-n2c3ccccc3c3cc(-c4nc(C)nc(C)n4)ccc32)c(-c2cc(-c3ccc(C(F)(F)F)cc3C)ccc2-n2c3ccccc3c3cc(-c4nc(C)nc(C)n4)ccc32)c1. The molecule has 0 saturated carbocycles. The Balaban J connectivity index is 1.21. The van der Waals surface area contributed by atoms with E-state index in [2.05, 4.69) is 92.4 Å². The van der Waals surface area contributed by atoms with E-state index >= 15 is 0 Å². The van der Waals surface area contributed by atoms with Gasteiger partial charge < -0.3 is 9.13 Å². The van der Waals surface area contributed by atoms with Gasteiger partial charge in [0, 0.05) is 38.2 Å². The fourth-order valence-electron chi connectivity index (χ4n) is 9.52. The van der Waals surface area contributed by atoms with Crippen LogP contribution < -0.4 is 0 Å². The summed E-state index contributed by atoms with van der Waals surface area (Å²) in [7, 11) is 0. The number of hydrogen-bond acceptors (Lipinski definition) is 6. The van der Waals surface area contributed by atoms with Crippen molar-refractivity contribution in [2.24, 2.45) is 0 Å². The van der Waals surface area contributed by atoms with Crippen LogP contribution >= 0.6 is 0 Å². The van der Waals surface area contributed by atoms with Crippen molar-refractivity contribution in [3.63, 3.8) is 0 Å². The van der Waals surface area contributed by atoms with Crippen molar-refractivity contribution in [1.29, 1.82) is 0 Å². The normalized spacial score (nSPS) is 11.9. The minimum Gasteiger partial charge on any atom is -0.309 e. The van der Waals surface area contributed by atoms with Crippen molar-refractivity contribution in [3.05, 3.63) is 185 Å². The van der Waals surface area contributed by atoms with Gasteiger partial charge in [-0.1, -0.05) is 54.6 Å². The number of benzene rings is 7. The summed E-state index contributed by atoms with van der Waals surface area (Å²) >= 11 is 0. The number of alkyl halides is 3. The Hall–Kier alpha value is -8.56. The molecule has 11 aromatic rings. The first-order chi connectivity index (χ1) is 32.3. The molecule has 324 valence electrons. The molecule has 0 aliphatic carbocycles. The fraction of sp³-hybridized carbons (Fsp3) is 0.109. The Labute approximate surface area is 382 Å². The van der Waals surface area contributed by atoms with Crippen LogP contribution in [0.1, 0.15) is 34.4 Å². The van der Waals surface area contributed by atoms with Crippen LogP contribution in [0.2, 0.25) is 0 Å². The number of fused-ring (bicyclic) bond motifs is 6. The highest BCUT2D eigenvalue weighted by Crippen LogP contribution is 2.45. The number of aromatic nitrogens is 8. The minimum atomic E-state index is -4.49. The zero-order chi connectivity index (χ0) is 46.3. The van der Waals surface area contributed by atoms with Gasteiger partial charge in [0.2, 0.25) is 0 Å². The zero-order valence-electron chi connectivity index (χ0n) is 36.9. The lowest BCUT2D eigenvalue weighted by Gasteiger charge is -2.21. The van der Waals surface area contributed by atoms with E-state index in [0.717, 1.165) is 88.9 Å². The van der Waals surface area contributed by atoms with Crippen LogP contribution in [0.4, 0.5) is 18.9 Å². The van der Waals surface area contributed by atoms with Crippen molar-refractivity contribution in [2.75, 3.05) is 0 Å². The first-order valence-corrected chi connectivity index (χ1v) is 21.6. The van der Waals surface area contributed by atoms with Gasteiger partial charge in [0.1, 0.15) is 23.3 Å². The summed E-state index contributed by atoms with van der Waals surface area (Å²) in [5.41, 5.74) is 10.2. The smallest absolute Gasteiger partial charge is 0.309 e. The zero-order valence-corrected chi connectivity index (χ0v) is 36.9. The average Bonchev–Trinajstić information content (AvgIpc) is 3.82. The first-order valence-electron chi connectivity index (χ1n) is 21.6. The summed E-state index contributed by atoms with van der Waals surface area (Å²) in [5.74, 6) is 3.70. The molecule has 0 saturated heterocycles. The molecule has 12 heteroatoms. The summed E-state index contributed by atoms with van der Waals surface area (Å²) < 4.78 is 46.4. The van der Waals surface area contributed by atoms with Gasteiger partial charge in [-0.2, -0.15) is 13.2 Å². The Kier molecular flexibility index (Phi) is 9.56. The lowest BCUT2D eigenvalue weighted by molar-refractivity contribution is -0.137. The maximum Gasteiger partial charge on any atom is 0.416 e. The largest absolute Gasteiger partial charge is 0.416 e. The number of halogens is 3. The predicted octanol–water partition coefficient (Wildman–Crippen LogP) is 14.0. The van der Waals surface area contributed by atoms with Gasteiger partial charge >= 0.3 is 6.18 Å². The third-order valence-electron chi connectivity index (χ3n) is 12.3. The average molecular weight is 882 g/mol. The molecule has 11 rings (SSSR count). The van der Waals surface area contributed by atoms with Crippen molar-refractivity contribution < 1.29 is 13.2 Å². The Morgan fingerprint density at radius 2 is 0.896 bits per heavy atom. The summed E-state index contributed by atoms with van der Waals surface area (Å²) in [6.07, 6.45) is -4.49. The Bertz CT molecular complexity index is 3850. The molecule has 4 heterocycles. The van der Waals surface area contributed by atoms with Crippen LogP contribution in [0.5, 0.6) is 0 Å². The van der Waals surface area contributed by atoms with E-state index in [-0.39, 0.29) is 0 Å². The summed E-state index contributed by atoms with van der Waals surface area (Å²) in [5, 5.41) is 3.99. The van der Waals surface area contributed by atoms with Gasteiger partial charge in [-0.15, -0.1) is 0 Å². The second-order valence-electron chi connectivity index (χ2n) is 16.7. The maximum absolute atomic E-state index is 14.0. The monoisotopic (exact) mass is 881 g/mol. The van der Waals surface area contributed by atoms with E-state index in [9.17, 15) is 13.2 Å². The molecule has 9 nitrogen and oxygen atoms in total. The lowest BCUT2D eigenvalue weighted by Crippen LogP contribution is -2.05. The van der Waals surface area contributed by atoms with Crippen LogP contribution in [0.3, 0.4) is 0 Å². The summed E-state index contributed by atoms with van der Waals surface area (Å²) in [4.78, 5) is 31.4. The molecule has 67 heavy (non-hydrogen) atoms. The second-order valence-corrected chi connectivity index (χ2v) is 16.7. The molecule has 0 atom stereocenters. The summed E-state index contributed by atoms with van der Waals surface area (Å²) in [6.45, 7) is 17.4. The predicted molar refractivity (Wildman–Crippen MR) is 259 cm³/mol. The molecular formula is C55H38F3N9. The minimum absolute atomic E-state index is 0.430. The number of nitrogens with zero attached hydrogens (tertiary/aromatic N) is 9. The van der Waals surface area contributed by atoms with Crippen molar-refractivity contribution in [2.45, 2.75) is 40.8 Å². The number of rotatable bonds is 6. The van der Waals surface area contributed by atoms with Crippen LogP contribution in [0, 0.1) is 41.2 Å². The Morgan fingerprint density at radius 3 is 1.39 bits per heavy atom. The van der Waals surface area contributed by atoms with E-state index in [0.29, 0.717) is 51.8 Å². The molecule has 0 unspecified atom stereocenters. The highest BCUT2D eigenvalue weighted by Gasteiger charge is 2.31. The molecule has 4 aromatic heterocycles. The molecule has 7 aromatic carbocycles. The number of para-hydroxylation sites is 2. The van der Waals surface area contributed by atoms with Crippen molar-refractivity contribution >= 4 is 49.3 Å². The van der Waals surface area contributed by atoms with E-state index in [1.807, 2.05) is 100 Å². The molecule has 0 aliphatic heterocycles. The van der Waals surface area contributed by atoms with E-state index in [4.69, 9.17) is 6.57 Å². The molecule has 0 amide bonds. The third-order valence-corrected chi connectivity index (χ3v) is 12.3. The lowest BCUT2D eigenvalue weighted by atomic mass is 9.93. The van der Waals surface area contributed by atoms with Gasteiger partial charge in [0.25, 0.3) is 0 Å².